The predicted molar refractivity (Wildman–Crippen MR) is 96.2 cm³/mol. The lowest BCUT2D eigenvalue weighted by Crippen LogP contribution is -2.24. The highest BCUT2D eigenvalue weighted by Crippen LogP contribution is 2.15. The van der Waals surface area contributed by atoms with Gasteiger partial charge in [-0.25, -0.2) is 13.6 Å². The first-order chi connectivity index (χ1) is 11.9. The number of rotatable bonds is 6. The van der Waals surface area contributed by atoms with E-state index in [2.05, 4.69) is 5.32 Å². The van der Waals surface area contributed by atoms with Gasteiger partial charge in [-0.2, -0.15) is 0 Å². The summed E-state index contributed by atoms with van der Waals surface area (Å²) in [5.74, 6) is -0.0983. The topological polar surface area (TPSA) is 94.2 Å². The van der Waals surface area contributed by atoms with Crippen molar-refractivity contribution in [3.63, 3.8) is 0 Å². The van der Waals surface area contributed by atoms with Crippen molar-refractivity contribution in [2.24, 2.45) is 5.14 Å². The Kier molecular flexibility index (Phi) is 4.87. The SMILES string of the molecule is NS(=O)(=O)c1cccc(CNC(=O)CCn2ccc3ccccc32)c1. The number of nitrogens with zero attached hydrogens (tertiary/aromatic N) is 1. The van der Waals surface area contributed by atoms with Crippen LogP contribution in [-0.4, -0.2) is 18.9 Å². The van der Waals surface area contributed by atoms with E-state index in [-0.39, 0.29) is 17.3 Å². The summed E-state index contributed by atoms with van der Waals surface area (Å²) in [7, 11) is -3.74. The lowest BCUT2D eigenvalue weighted by Gasteiger charge is -2.08. The Hall–Kier alpha value is -2.64. The largest absolute Gasteiger partial charge is 0.352 e. The Morgan fingerprint density at radius 1 is 1.08 bits per heavy atom. The van der Waals surface area contributed by atoms with Crippen LogP contribution in [0.3, 0.4) is 0 Å². The lowest BCUT2D eigenvalue weighted by molar-refractivity contribution is -0.121. The predicted octanol–water partition coefficient (Wildman–Crippen LogP) is 2.00. The second-order valence-corrected chi connectivity index (χ2v) is 7.35. The number of aryl methyl sites for hydroxylation is 1. The Bertz CT molecular complexity index is 1010. The highest BCUT2D eigenvalue weighted by atomic mass is 32.2. The van der Waals surface area contributed by atoms with Crippen LogP contribution in [0, 0.1) is 0 Å². The minimum absolute atomic E-state index is 0.0399. The van der Waals surface area contributed by atoms with Gasteiger partial charge in [0.2, 0.25) is 15.9 Å². The van der Waals surface area contributed by atoms with Crippen molar-refractivity contribution >= 4 is 26.8 Å². The summed E-state index contributed by atoms with van der Waals surface area (Å²) in [5.41, 5.74) is 1.78. The van der Waals surface area contributed by atoms with Crippen molar-refractivity contribution < 1.29 is 13.2 Å². The van der Waals surface area contributed by atoms with Gasteiger partial charge in [0.15, 0.2) is 0 Å². The van der Waals surface area contributed by atoms with Gasteiger partial charge >= 0.3 is 0 Å². The number of aromatic nitrogens is 1. The third kappa shape index (κ3) is 4.26. The van der Waals surface area contributed by atoms with E-state index in [0.29, 0.717) is 18.5 Å². The minimum atomic E-state index is -3.74. The molecule has 0 saturated carbocycles. The molecule has 1 amide bonds. The standard InChI is InChI=1S/C18H19N3O3S/c19-25(23,24)16-6-3-4-14(12-16)13-20-18(22)9-11-21-10-8-15-5-1-2-7-17(15)21/h1-8,10,12H,9,11,13H2,(H,20,22)(H2,19,23,24). The molecule has 3 N–H and O–H groups in total. The van der Waals surface area contributed by atoms with Gasteiger partial charge in [0.1, 0.15) is 0 Å². The van der Waals surface area contributed by atoms with Crippen LogP contribution in [0.5, 0.6) is 0 Å². The lowest BCUT2D eigenvalue weighted by atomic mass is 10.2. The highest BCUT2D eigenvalue weighted by molar-refractivity contribution is 7.89. The fourth-order valence-electron chi connectivity index (χ4n) is 2.68. The van der Waals surface area contributed by atoms with Gasteiger partial charge in [0, 0.05) is 31.2 Å². The number of fused-ring (bicyclic) bond motifs is 1. The van der Waals surface area contributed by atoms with Crippen LogP contribution in [0.25, 0.3) is 10.9 Å². The van der Waals surface area contributed by atoms with Crippen LogP contribution in [0.15, 0.2) is 65.7 Å². The summed E-state index contributed by atoms with van der Waals surface area (Å²) in [6.07, 6.45) is 2.31. The van der Waals surface area contributed by atoms with Crippen LogP contribution < -0.4 is 10.5 Å². The van der Waals surface area contributed by atoms with E-state index in [9.17, 15) is 13.2 Å². The van der Waals surface area contributed by atoms with Crippen LogP contribution in [0.1, 0.15) is 12.0 Å². The fourth-order valence-corrected chi connectivity index (χ4v) is 3.26. The Morgan fingerprint density at radius 2 is 1.88 bits per heavy atom. The van der Waals surface area contributed by atoms with Crippen molar-refractivity contribution in [2.45, 2.75) is 24.4 Å². The van der Waals surface area contributed by atoms with Crippen molar-refractivity contribution in [3.8, 4) is 0 Å². The number of amides is 1. The molecular formula is C18H19N3O3S. The first kappa shape index (κ1) is 17.2. The molecule has 3 aromatic rings. The molecule has 25 heavy (non-hydrogen) atoms. The first-order valence-electron chi connectivity index (χ1n) is 7.86. The Balaban J connectivity index is 1.57. The molecular weight excluding hydrogens is 338 g/mol. The number of nitrogens with two attached hydrogens (primary N) is 1. The number of para-hydroxylation sites is 1. The average Bonchev–Trinajstić information content (AvgIpc) is 3.01. The molecule has 0 aliphatic carbocycles. The summed E-state index contributed by atoms with van der Waals surface area (Å²) in [6, 6.07) is 16.3. The number of nitrogens with one attached hydrogen (secondary N) is 1. The number of carbonyl (C=O) groups excluding carboxylic acids is 1. The van der Waals surface area contributed by atoms with E-state index < -0.39 is 10.0 Å². The molecule has 0 aliphatic heterocycles. The Labute approximate surface area is 146 Å². The molecule has 0 atom stereocenters. The van der Waals surface area contributed by atoms with Crippen LogP contribution in [-0.2, 0) is 27.9 Å². The highest BCUT2D eigenvalue weighted by Gasteiger charge is 2.09. The number of hydrogen-bond donors (Lipinski definition) is 2. The monoisotopic (exact) mass is 357 g/mol. The van der Waals surface area contributed by atoms with E-state index in [0.717, 1.165) is 10.9 Å². The van der Waals surface area contributed by atoms with E-state index in [1.165, 1.54) is 12.1 Å². The molecule has 0 radical (unpaired) electrons. The van der Waals surface area contributed by atoms with Crippen molar-refractivity contribution in [1.29, 1.82) is 0 Å². The number of sulfonamides is 1. The van der Waals surface area contributed by atoms with E-state index in [1.54, 1.807) is 12.1 Å². The second kappa shape index (κ2) is 7.08. The normalized spacial score (nSPS) is 11.6. The maximum atomic E-state index is 12.1. The summed E-state index contributed by atoms with van der Waals surface area (Å²) < 4.78 is 24.7. The molecule has 1 heterocycles. The van der Waals surface area contributed by atoms with Crippen LogP contribution in [0.4, 0.5) is 0 Å². The molecule has 0 unspecified atom stereocenters. The van der Waals surface area contributed by atoms with Gasteiger partial charge < -0.3 is 9.88 Å². The number of primary sulfonamides is 1. The average molecular weight is 357 g/mol. The Morgan fingerprint density at radius 3 is 2.68 bits per heavy atom. The second-order valence-electron chi connectivity index (χ2n) is 5.79. The third-order valence-corrected chi connectivity index (χ3v) is 4.89. The molecule has 0 bridgehead atoms. The minimum Gasteiger partial charge on any atom is -0.352 e. The van der Waals surface area contributed by atoms with E-state index in [1.807, 2.05) is 41.1 Å². The van der Waals surface area contributed by atoms with Gasteiger partial charge in [0.05, 0.1) is 4.90 Å². The molecule has 7 heteroatoms. The smallest absolute Gasteiger partial charge is 0.238 e. The maximum absolute atomic E-state index is 12.1. The van der Waals surface area contributed by atoms with Crippen LogP contribution in [0.2, 0.25) is 0 Å². The van der Waals surface area contributed by atoms with Crippen molar-refractivity contribution in [3.05, 3.63) is 66.4 Å². The molecule has 0 fully saturated rings. The molecule has 3 rings (SSSR count). The first-order valence-corrected chi connectivity index (χ1v) is 9.40. The van der Waals surface area contributed by atoms with Gasteiger partial charge in [-0.05, 0) is 35.2 Å². The third-order valence-electron chi connectivity index (χ3n) is 3.98. The quantitative estimate of drug-likeness (QED) is 0.706. The molecule has 1 aromatic heterocycles. The number of benzene rings is 2. The van der Waals surface area contributed by atoms with Crippen LogP contribution >= 0.6 is 0 Å². The van der Waals surface area contributed by atoms with E-state index >= 15 is 0 Å². The summed E-state index contributed by atoms with van der Waals surface area (Å²) >= 11 is 0. The molecule has 0 saturated heterocycles. The van der Waals surface area contributed by atoms with Gasteiger partial charge in [0.25, 0.3) is 0 Å². The molecule has 130 valence electrons. The van der Waals surface area contributed by atoms with E-state index in [4.69, 9.17) is 5.14 Å². The zero-order valence-corrected chi connectivity index (χ0v) is 14.4. The van der Waals surface area contributed by atoms with Gasteiger partial charge in [-0.3, -0.25) is 4.79 Å². The summed E-state index contributed by atoms with van der Waals surface area (Å²) in [4.78, 5) is 12.1. The molecule has 6 nitrogen and oxygen atoms in total. The number of hydrogen-bond acceptors (Lipinski definition) is 3. The maximum Gasteiger partial charge on any atom is 0.238 e. The summed E-state index contributed by atoms with van der Waals surface area (Å²) in [5, 5.41) is 9.05. The summed E-state index contributed by atoms with van der Waals surface area (Å²) in [6.45, 7) is 0.838. The van der Waals surface area contributed by atoms with Crippen molar-refractivity contribution in [2.75, 3.05) is 0 Å². The molecule has 0 aliphatic rings. The van der Waals surface area contributed by atoms with Crippen molar-refractivity contribution in [1.82, 2.24) is 9.88 Å². The molecule has 0 spiro atoms. The number of carbonyl (C=O) groups is 1. The van der Waals surface area contributed by atoms with Gasteiger partial charge in [-0.15, -0.1) is 0 Å². The zero-order chi connectivity index (χ0) is 17.9. The zero-order valence-electron chi connectivity index (χ0n) is 13.6. The van der Waals surface area contributed by atoms with Gasteiger partial charge in [-0.1, -0.05) is 30.3 Å². The molecule has 2 aromatic carbocycles. The fraction of sp³-hybridized carbons (Fsp3) is 0.167.